The maximum atomic E-state index is 6.38. The zero-order chi connectivity index (χ0) is 14.8. The summed E-state index contributed by atoms with van der Waals surface area (Å²) >= 11 is 1.77. The standard InChI is InChI=1S/C18H24N2S/c1-13-4-3-5-16(10-13)18(14(2)19)20(17-6-7-17)11-15-8-9-21-12-15/h3-5,8-10,12,14,17-18H,6-7,11,19H2,1-2H3. The van der Waals surface area contributed by atoms with E-state index < -0.39 is 0 Å². The van der Waals surface area contributed by atoms with Crippen LogP contribution in [0.3, 0.4) is 0 Å². The molecule has 0 amide bonds. The topological polar surface area (TPSA) is 29.3 Å². The molecule has 2 nitrogen and oxygen atoms in total. The van der Waals surface area contributed by atoms with Crippen molar-refractivity contribution in [3.63, 3.8) is 0 Å². The number of hydrogen-bond donors (Lipinski definition) is 1. The molecule has 1 fully saturated rings. The lowest BCUT2D eigenvalue weighted by Crippen LogP contribution is -2.40. The number of nitrogens with two attached hydrogens (primary N) is 1. The summed E-state index contributed by atoms with van der Waals surface area (Å²) in [6.07, 6.45) is 2.61. The number of benzene rings is 1. The van der Waals surface area contributed by atoms with Gasteiger partial charge in [-0.2, -0.15) is 11.3 Å². The molecule has 0 aliphatic heterocycles. The first-order valence-corrected chi connectivity index (χ1v) is 8.68. The summed E-state index contributed by atoms with van der Waals surface area (Å²) in [4.78, 5) is 2.61. The van der Waals surface area contributed by atoms with Crippen molar-refractivity contribution in [2.45, 2.75) is 51.4 Å². The summed E-state index contributed by atoms with van der Waals surface area (Å²) in [5.41, 5.74) is 10.4. The van der Waals surface area contributed by atoms with Gasteiger partial charge in [-0.15, -0.1) is 0 Å². The highest BCUT2D eigenvalue weighted by Gasteiger charge is 2.36. The van der Waals surface area contributed by atoms with Crippen molar-refractivity contribution in [3.05, 3.63) is 57.8 Å². The lowest BCUT2D eigenvalue weighted by molar-refractivity contribution is 0.157. The van der Waals surface area contributed by atoms with Crippen LogP contribution in [0.25, 0.3) is 0 Å². The third-order valence-electron chi connectivity index (χ3n) is 4.20. The van der Waals surface area contributed by atoms with Gasteiger partial charge in [-0.25, -0.2) is 0 Å². The largest absolute Gasteiger partial charge is 0.326 e. The van der Waals surface area contributed by atoms with E-state index in [1.165, 1.54) is 29.5 Å². The minimum absolute atomic E-state index is 0.131. The van der Waals surface area contributed by atoms with Gasteiger partial charge < -0.3 is 5.73 Å². The first-order valence-electron chi connectivity index (χ1n) is 7.74. The van der Waals surface area contributed by atoms with Crippen LogP contribution in [-0.4, -0.2) is 17.0 Å². The Bertz CT molecular complexity index is 573. The van der Waals surface area contributed by atoms with Crippen LogP contribution < -0.4 is 5.73 Å². The fourth-order valence-corrected chi connectivity index (χ4v) is 3.77. The Morgan fingerprint density at radius 2 is 2.14 bits per heavy atom. The van der Waals surface area contributed by atoms with Gasteiger partial charge in [0.05, 0.1) is 6.04 Å². The maximum absolute atomic E-state index is 6.38. The quantitative estimate of drug-likeness (QED) is 0.870. The fraction of sp³-hybridized carbons (Fsp3) is 0.444. The summed E-state index contributed by atoms with van der Waals surface area (Å²) in [6.45, 7) is 5.30. The molecule has 2 N–H and O–H groups in total. The number of thiophene rings is 1. The molecule has 0 bridgehead atoms. The van der Waals surface area contributed by atoms with E-state index in [0.717, 1.165) is 6.54 Å². The first-order chi connectivity index (χ1) is 10.1. The second-order valence-electron chi connectivity index (χ2n) is 6.25. The Kier molecular flexibility index (Phi) is 4.43. The second kappa shape index (κ2) is 6.30. The van der Waals surface area contributed by atoms with E-state index in [1.54, 1.807) is 11.3 Å². The Balaban J connectivity index is 1.89. The van der Waals surface area contributed by atoms with Crippen LogP contribution in [0.15, 0.2) is 41.1 Å². The lowest BCUT2D eigenvalue weighted by atomic mass is 9.97. The van der Waals surface area contributed by atoms with Crippen LogP contribution in [-0.2, 0) is 6.54 Å². The number of nitrogens with zero attached hydrogens (tertiary/aromatic N) is 1. The molecule has 0 spiro atoms. The average Bonchev–Trinajstić information content (AvgIpc) is 3.16. The van der Waals surface area contributed by atoms with Gasteiger partial charge >= 0.3 is 0 Å². The molecule has 0 saturated heterocycles. The van der Waals surface area contributed by atoms with Crippen molar-refractivity contribution in [1.29, 1.82) is 0 Å². The van der Waals surface area contributed by atoms with Crippen molar-refractivity contribution in [1.82, 2.24) is 4.90 Å². The Morgan fingerprint density at radius 3 is 2.71 bits per heavy atom. The predicted octanol–water partition coefficient (Wildman–Crippen LogP) is 4.11. The van der Waals surface area contributed by atoms with E-state index in [0.29, 0.717) is 12.1 Å². The van der Waals surface area contributed by atoms with Gasteiger partial charge in [0.15, 0.2) is 0 Å². The van der Waals surface area contributed by atoms with Crippen LogP contribution >= 0.6 is 11.3 Å². The van der Waals surface area contributed by atoms with Gasteiger partial charge in [0.1, 0.15) is 0 Å². The van der Waals surface area contributed by atoms with E-state index in [9.17, 15) is 0 Å². The van der Waals surface area contributed by atoms with E-state index in [1.807, 2.05) is 0 Å². The molecule has 1 aliphatic rings. The SMILES string of the molecule is Cc1cccc(C(C(C)N)N(Cc2ccsc2)C2CC2)c1. The summed E-state index contributed by atoms with van der Waals surface area (Å²) < 4.78 is 0. The average molecular weight is 300 g/mol. The van der Waals surface area contributed by atoms with Gasteiger partial charge in [-0.3, -0.25) is 4.90 Å². The maximum Gasteiger partial charge on any atom is 0.0503 e. The van der Waals surface area contributed by atoms with Crippen LogP contribution in [0.4, 0.5) is 0 Å². The van der Waals surface area contributed by atoms with Gasteiger partial charge in [0, 0.05) is 18.6 Å². The molecule has 1 aromatic heterocycles. The highest BCUT2D eigenvalue weighted by atomic mass is 32.1. The third kappa shape index (κ3) is 3.54. The highest BCUT2D eigenvalue weighted by molar-refractivity contribution is 7.07. The Hall–Kier alpha value is -1.16. The van der Waals surface area contributed by atoms with E-state index in [2.05, 4.69) is 59.8 Å². The third-order valence-corrected chi connectivity index (χ3v) is 4.93. The molecule has 0 radical (unpaired) electrons. The van der Waals surface area contributed by atoms with Crippen molar-refractivity contribution in [2.75, 3.05) is 0 Å². The van der Waals surface area contributed by atoms with Gasteiger partial charge in [0.25, 0.3) is 0 Å². The molecule has 1 aliphatic carbocycles. The van der Waals surface area contributed by atoms with E-state index in [-0.39, 0.29) is 6.04 Å². The molecule has 1 saturated carbocycles. The molecule has 21 heavy (non-hydrogen) atoms. The van der Waals surface area contributed by atoms with E-state index in [4.69, 9.17) is 5.73 Å². The van der Waals surface area contributed by atoms with E-state index >= 15 is 0 Å². The molecule has 2 atom stereocenters. The summed E-state index contributed by atoms with van der Waals surface area (Å²) in [5, 5.41) is 4.41. The summed E-state index contributed by atoms with van der Waals surface area (Å²) in [6, 6.07) is 12.2. The Labute approximate surface area is 131 Å². The van der Waals surface area contributed by atoms with Gasteiger partial charge in [-0.05, 0) is 54.6 Å². The monoisotopic (exact) mass is 300 g/mol. The Morgan fingerprint density at radius 1 is 1.33 bits per heavy atom. The zero-order valence-corrected chi connectivity index (χ0v) is 13.6. The molecular formula is C18H24N2S. The smallest absolute Gasteiger partial charge is 0.0503 e. The zero-order valence-electron chi connectivity index (χ0n) is 12.8. The van der Waals surface area contributed by atoms with Crippen molar-refractivity contribution >= 4 is 11.3 Å². The normalized spacial score (nSPS) is 17.9. The number of rotatable bonds is 6. The van der Waals surface area contributed by atoms with Crippen LogP contribution in [0.1, 0.15) is 42.5 Å². The molecule has 112 valence electrons. The van der Waals surface area contributed by atoms with Gasteiger partial charge in [0.2, 0.25) is 0 Å². The molecule has 3 rings (SSSR count). The minimum Gasteiger partial charge on any atom is -0.326 e. The molecule has 2 aromatic rings. The van der Waals surface area contributed by atoms with Crippen LogP contribution in [0.2, 0.25) is 0 Å². The summed E-state index contributed by atoms with van der Waals surface area (Å²) in [7, 11) is 0. The summed E-state index contributed by atoms with van der Waals surface area (Å²) in [5.74, 6) is 0. The second-order valence-corrected chi connectivity index (χ2v) is 7.03. The molecular weight excluding hydrogens is 276 g/mol. The van der Waals surface area contributed by atoms with Gasteiger partial charge in [-0.1, -0.05) is 29.8 Å². The number of hydrogen-bond acceptors (Lipinski definition) is 3. The molecule has 1 heterocycles. The molecule has 1 aromatic carbocycles. The highest BCUT2D eigenvalue weighted by Crippen LogP contribution is 2.37. The number of aryl methyl sites for hydroxylation is 1. The lowest BCUT2D eigenvalue weighted by Gasteiger charge is -2.35. The van der Waals surface area contributed by atoms with Crippen molar-refractivity contribution in [2.24, 2.45) is 5.73 Å². The van der Waals surface area contributed by atoms with Crippen molar-refractivity contribution in [3.8, 4) is 0 Å². The first kappa shape index (κ1) is 14.8. The van der Waals surface area contributed by atoms with Crippen LogP contribution in [0.5, 0.6) is 0 Å². The minimum atomic E-state index is 0.131. The predicted molar refractivity (Wildman–Crippen MR) is 90.5 cm³/mol. The molecule has 2 unspecified atom stereocenters. The molecule has 3 heteroatoms. The fourth-order valence-electron chi connectivity index (χ4n) is 3.11. The van der Waals surface area contributed by atoms with Crippen molar-refractivity contribution < 1.29 is 0 Å². The van der Waals surface area contributed by atoms with Crippen LogP contribution in [0, 0.1) is 6.92 Å².